The van der Waals surface area contributed by atoms with Crippen LogP contribution in [0.15, 0.2) is 0 Å². The minimum absolute atomic E-state index is 0.649. The summed E-state index contributed by atoms with van der Waals surface area (Å²) in [7, 11) is 1.78. The van der Waals surface area contributed by atoms with E-state index in [2.05, 4.69) is 24.1 Å². The van der Waals surface area contributed by atoms with Crippen LogP contribution in [0, 0.1) is 5.92 Å². The highest BCUT2D eigenvalue weighted by Crippen LogP contribution is 2.06. The van der Waals surface area contributed by atoms with Crippen LogP contribution < -0.4 is 5.32 Å². The van der Waals surface area contributed by atoms with E-state index < -0.39 is 0 Å². The van der Waals surface area contributed by atoms with Crippen LogP contribution in [0.25, 0.3) is 0 Å². The van der Waals surface area contributed by atoms with Crippen molar-refractivity contribution in [2.24, 2.45) is 5.92 Å². The number of ether oxygens (including phenoxy) is 1. The van der Waals surface area contributed by atoms with Gasteiger partial charge in [-0.2, -0.15) is 0 Å². The molecule has 1 heterocycles. The molecule has 0 radical (unpaired) electrons. The molecule has 1 saturated heterocycles. The smallest absolute Gasteiger partial charge is 0.0500 e. The summed E-state index contributed by atoms with van der Waals surface area (Å²) in [4.78, 5) is 2.55. The minimum atomic E-state index is 0.649. The Bertz CT molecular complexity index is 152. The molecular formula is C11H24N2O. The molecule has 3 heteroatoms. The van der Waals surface area contributed by atoms with Crippen molar-refractivity contribution in [1.82, 2.24) is 10.2 Å². The van der Waals surface area contributed by atoms with Crippen LogP contribution in [0.2, 0.25) is 0 Å². The molecule has 0 saturated carbocycles. The van der Waals surface area contributed by atoms with Crippen molar-refractivity contribution in [2.45, 2.75) is 26.3 Å². The SMILES string of the molecule is CCC1CN(CC(C)COC)CCN1. The van der Waals surface area contributed by atoms with Crippen molar-refractivity contribution in [3.8, 4) is 0 Å². The molecule has 1 aliphatic heterocycles. The maximum Gasteiger partial charge on any atom is 0.0500 e. The number of nitrogens with one attached hydrogen (secondary N) is 1. The first-order valence-electron chi connectivity index (χ1n) is 5.71. The first-order chi connectivity index (χ1) is 6.76. The molecule has 0 spiro atoms. The van der Waals surface area contributed by atoms with Gasteiger partial charge in [-0.1, -0.05) is 13.8 Å². The molecule has 84 valence electrons. The summed E-state index contributed by atoms with van der Waals surface area (Å²) in [5.74, 6) is 0.649. The summed E-state index contributed by atoms with van der Waals surface area (Å²) < 4.78 is 5.16. The van der Waals surface area contributed by atoms with Gasteiger partial charge in [-0.15, -0.1) is 0 Å². The van der Waals surface area contributed by atoms with Gasteiger partial charge in [0.25, 0.3) is 0 Å². The standard InChI is InChI=1S/C11H24N2O/c1-4-11-8-13(6-5-12-11)7-10(2)9-14-3/h10-12H,4-9H2,1-3H3. The molecular weight excluding hydrogens is 176 g/mol. The first kappa shape index (κ1) is 12.0. The average Bonchev–Trinajstić information content (AvgIpc) is 2.18. The predicted octanol–water partition coefficient (Wildman–Crippen LogP) is 0.953. The molecule has 3 nitrogen and oxygen atoms in total. The second kappa shape index (κ2) is 6.38. The van der Waals surface area contributed by atoms with E-state index in [1.165, 1.54) is 26.1 Å². The molecule has 1 N–H and O–H groups in total. The van der Waals surface area contributed by atoms with E-state index in [1.807, 2.05) is 0 Å². The summed E-state index contributed by atoms with van der Waals surface area (Å²) in [6.45, 7) is 10.1. The van der Waals surface area contributed by atoms with Gasteiger partial charge in [-0.3, -0.25) is 0 Å². The number of nitrogens with zero attached hydrogens (tertiary/aromatic N) is 1. The fourth-order valence-electron chi connectivity index (χ4n) is 2.11. The monoisotopic (exact) mass is 200 g/mol. The molecule has 0 amide bonds. The van der Waals surface area contributed by atoms with Gasteiger partial charge in [0.15, 0.2) is 0 Å². The largest absolute Gasteiger partial charge is 0.384 e. The lowest BCUT2D eigenvalue weighted by Crippen LogP contribution is -2.51. The Morgan fingerprint density at radius 3 is 3.00 bits per heavy atom. The fourth-order valence-corrected chi connectivity index (χ4v) is 2.11. The van der Waals surface area contributed by atoms with Crippen molar-refractivity contribution in [3.63, 3.8) is 0 Å². The Labute approximate surface area is 87.8 Å². The second-order valence-corrected chi connectivity index (χ2v) is 4.38. The van der Waals surface area contributed by atoms with Gasteiger partial charge in [0.1, 0.15) is 0 Å². The second-order valence-electron chi connectivity index (χ2n) is 4.38. The van der Waals surface area contributed by atoms with Crippen molar-refractivity contribution in [2.75, 3.05) is 39.9 Å². The van der Waals surface area contributed by atoms with E-state index in [4.69, 9.17) is 4.74 Å². The number of hydrogen-bond donors (Lipinski definition) is 1. The Morgan fingerprint density at radius 1 is 1.57 bits per heavy atom. The molecule has 14 heavy (non-hydrogen) atoms. The highest BCUT2D eigenvalue weighted by Gasteiger charge is 2.18. The van der Waals surface area contributed by atoms with E-state index in [9.17, 15) is 0 Å². The van der Waals surface area contributed by atoms with Crippen LogP contribution in [-0.4, -0.2) is 50.8 Å². The highest BCUT2D eigenvalue weighted by atomic mass is 16.5. The zero-order valence-electron chi connectivity index (χ0n) is 9.75. The highest BCUT2D eigenvalue weighted by molar-refractivity contribution is 4.78. The summed E-state index contributed by atoms with van der Waals surface area (Å²) in [5.41, 5.74) is 0. The van der Waals surface area contributed by atoms with E-state index in [-0.39, 0.29) is 0 Å². The lowest BCUT2D eigenvalue weighted by molar-refractivity contribution is 0.114. The van der Waals surface area contributed by atoms with Crippen LogP contribution in [-0.2, 0) is 4.74 Å². The predicted molar refractivity (Wildman–Crippen MR) is 59.6 cm³/mol. The van der Waals surface area contributed by atoms with Crippen molar-refractivity contribution < 1.29 is 4.74 Å². The summed E-state index contributed by atoms with van der Waals surface area (Å²) in [5, 5.41) is 3.53. The maximum atomic E-state index is 5.16. The van der Waals surface area contributed by atoms with Gasteiger partial charge >= 0.3 is 0 Å². The Kier molecular flexibility index (Phi) is 5.45. The lowest BCUT2D eigenvalue weighted by atomic mass is 10.1. The van der Waals surface area contributed by atoms with Crippen LogP contribution >= 0.6 is 0 Å². The number of hydrogen-bond acceptors (Lipinski definition) is 3. The van der Waals surface area contributed by atoms with Gasteiger partial charge in [0.2, 0.25) is 0 Å². The third-order valence-corrected chi connectivity index (χ3v) is 2.85. The van der Waals surface area contributed by atoms with Gasteiger partial charge in [0.05, 0.1) is 0 Å². The van der Waals surface area contributed by atoms with E-state index in [1.54, 1.807) is 7.11 Å². The van der Waals surface area contributed by atoms with Crippen LogP contribution in [0.3, 0.4) is 0 Å². The van der Waals surface area contributed by atoms with Gasteiger partial charge in [-0.05, 0) is 12.3 Å². The average molecular weight is 200 g/mol. The Balaban J connectivity index is 2.22. The zero-order valence-corrected chi connectivity index (χ0v) is 9.75. The molecule has 2 unspecified atom stereocenters. The number of rotatable bonds is 5. The molecule has 1 aliphatic rings. The van der Waals surface area contributed by atoms with Crippen molar-refractivity contribution in [3.05, 3.63) is 0 Å². The van der Waals surface area contributed by atoms with Crippen LogP contribution in [0.1, 0.15) is 20.3 Å². The van der Waals surface area contributed by atoms with Gasteiger partial charge in [-0.25, -0.2) is 0 Å². The Morgan fingerprint density at radius 2 is 2.36 bits per heavy atom. The third kappa shape index (κ3) is 3.95. The molecule has 0 bridgehead atoms. The summed E-state index contributed by atoms with van der Waals surface area (Å²) >= 11 is 0. The topological polar surface area (TPSA) is 24.5 Å². The normalized spacial score (nSPS) is 26.4. The van der Waals surface area contributed by atoms with Gasteiger partial charge in [0, 0.05) is 45.9 Å². The summed E-state index contributed by atoms with van der Waals surface area (Å²) in [6, 6.07) is 0.693. The van der Waals surface area contributed by atoms with Crippen LogP contribution in [0.5, 0.6) is 0 Å². The van der Waals surface area contributed by atoms with E-state index >= 15 is 0 Å². The third-order valence-electron chi connectivity index (χ3n) is 2.85. The number of methoxy groups -OCH3 is 1. The van der Waals surface area contributed by atoms with Crippen molar-refractivity contribution in [1.29, 1.82) is 0 Å². The molecule has 0 aromatic carbocycles. The fraction of sp³-hybridized carbons (Fsp3) is 1.00. The number of piperazine rings is 1. The molecule has 2 atom stereocenters. The summed E-state index contributed by atoms with van der Waals surface area (Å²) in [6.07, 6.45) is 1.23. The van der Waals surface area contributed by atoms with Crippen LogP contribution in [0.4, 0.5) is 0 Å². The van der Waals surface area contributed by atoms with Gasteiger partial charge < -0.3 is 15.0 Å². The van der Waals surface area contributed by atoms with E-state index in [0.717, 1.165) is 13.2 Å². The zero-order chi connectivity index (χ0) is 10.4. The Hall–Kier alpha value is -0.120. The molecule has 1 rings (SSSR count). The minimum Gasteiger partial charge on any atom is -0.384 e. The molecule has 0 aromatic rings. The maximum absolute atomic E-state index is 5.16. The lowest BCUT2D eigenvalue weighted by Gasteiger charge is -2.34. The molecule has 0 aromatic heterocycles. The molecule has 1 fully saturated rings. The van der Waals surface area contributed by atoms with E-state index in [0.29, 0.717) is 12.0 Å². The quantitative estimate of drug-likeness (QED) is 0.715. The molecule has 0 aliphatic carbocycles. The van der Waals surface area contributed by atoms with Crippen molar-refractivity contribution >= 4 is 0 Å². The first-order valence-corrected chi connectivity index (χ1v) is 5.71.